The number of nitrogens with zero attached hydrogens (tertiary/aromatic N) is 2. The first kappa shape index (κ1) is 14.3. The van der Waals surface area contributed by atoms with Crippen molar-refractivity contribution in [2.75, 3.05) is 0 Å². The van der Waals surface area contributed by atoms with Crippen LogP contribution in [0.25, 0.3) is 46.9 Å². The molecule has 2 nitrogen and oxygen atoms in total. The Balaban J connectivity index is 1.99. The van der Waals surface area contributed by atoms with Crippen molar-refractivity contribution in [3.8, 4) is 5.69 Å². The van der Waals surface area contributed by atoms with E-state index in [0.717, 1.165) is 5.52 Å². The molecule has 6 rings (SSSR count). The summed E-state index contributed by atoms with van der Waals surface area (Å²) in [4.78, 5) is 4.76. The van der Waals surface area contributed by atoms with Crippen LogP contribution in [0, 0.1) is 0 Å². The van der Waals surface area contributed by atoms with E-state index < -0.39 is 0 Å². The van der Waals surface area contributed by atoms with Gasteiger partial charge in [-0.25, -0.2) is 0 Å². The van der Waals surface area contributed by atoms with Gasteiger partial charge < -0.3 is 0 Å². The van der Waals surface area contributed by atoms with Gasteiger partial charge in [-0.15, -0.1) is 0 Å². The average Bonchev–Trinajstić information content (AvgIpc) is 2.96. The molecule has 0 aliphatic heterocycles. The molecule has 0 saturated heterocycles. The van der Waals surface area contributed by atoms with Crippen molar-refractivity contribution >= 4 is 55.7 Å². The summed E-state index contributed by atoms with van der Waals surface area (Å²) in [6.07, 6.45) is 1.91. The van der Waals surface area contributed by atoms with Gasteiger partial charge in [0.25, 0.3) is 0 Å². The van der Waals surface area contributed by atoms with E-state index in [1.165, 1.54) is 41.4 Å². The summed E-state index contributed by atoms with van der Waals surface area (Å²) in [7, 11) is 0. The van der Waals surface area contributed by atoms with Crippen molar-refractivity contribution in [3.05, 3.63) is 85.1 Å². The van der Waals surface area contributed by atoms with Crippen LogP contribution in [-0.4, -0.2) is 24.1 Å². The standard InChI is InChI=1S/C23H14N2Se/c1-2-7-15(8-3-1)25-17-10-4-9-16-21(17)22-18(25)11-5-12-19(22)26-20-13-6-14-24-23(16)20/h1-14H. The molecule has 0 aliphatic carbocycles. The molecular weight excluding hydrogens is 383 g/mol. The molecule has 0 spiro atoms. The number of aromatic nitrogens is 2. The van der Waals surface area contributed by atoms with Crippen molar-refractivity contribution in [2.24, 2.45) is 0 Å². The van der Waals surface area contributed by atoms with E-state index in [-0.39, 0.29) is 14.5 Å². The Morgan fingerprint density at radius 2 is 1.42 bits per heavy atom. The molecule has 3 aromatic heterocycles. The van der Waals surface area contributed by atoms with Crippen LogP contribution in [0.15, 0.2) is 85.1 Å². The number of rotatable bonds is 1. The molecular formula is C23H14N2Se. The fraction of sp³-hybridized carbons (Fsp3) is 0. The minimum atomic E-state index is 0.248. The molecule has 3 heterocycles. The molecule has 0 bridgehead atoms. The number of para-hydroxylation sites is 1. The molecule has 0 fully saturated rings. The van der Waals surface area contributed by atoms with Gasteiger partial charge in [-0.05, 0) is 0 Å². The first-order valence-corrected chi connectivity index (χ1v) is 10.4. The Hall–Kier alpha value is -2.87. The Bertz CT molecular complexity index is 1420. The van der Waals surface area contributed by atoms with Crippen molar-refractivity contribution in [1.82, 2.24) is 9.55 Å². The van der Waals surface area contributed by atoms with Gasteiger partial charge in [-0.3, -0.25) is 0 Å². The topological polar surface area (TPSA) is 17.8 Å². The van der Waals surface area contributed by atoms with E-state index in [1.807, 2.05) is 6.20 Å². The number of hydrogen-bond donors (Lipinski definition) is 0. The summed E-state index contributed by atoms with van der Waals surface area (Å²) in [5.74, 6) is 0. The molecule has 0 aliphatic rings. The van der Waals surface area contributed by atoms with E-state index in [9.17, 15) is 0 Å². The Kier molecular flexibility index (Phi) is 2.92. The second-order valence-electron chi connectivity index (χ2n) is 6.47. The Morgan fingerprint density at radius 3 is 2.31 bits per heavy atom. The molecule has 0 saturated carbocycles. The third-order valence-corrected chi connectivity index (χ3v) is 7.37. The predicted molar refractivity (Wildman–Crippen MR) is 111 cm³/mol. The van der Waals surface area contributed by atoms with E-state index in [1.54, 1.807) is 0 Å². The fourth-order valence-corrected chi connectivity index (χ4v) is 6.31. The normalized spacial score (nSPS) is 11.8. The zero-order valence-corrected chi connectivity index (χ0v) is 15.6. The van der Waals surface area contributed by atoms with Crippen LogP contribution < -0.4 is 0 Å². The maximum absolute atomic E-state index is 4.76. The van der Waals surface area contributed by atoms with Crippen LogP contribution in [0.2, 0.25) is 0 Å². The molecule has 0 atom stereocenters. The zero-order valence-electron chi connectivity index (χ0n) is 13.9. The molecule has 0 radical (unpaired) electrons. The van der Waals surface area contributed by atoms with E-state index in [4.69, 9.17) is 4.98 Å². The van der Waals surface area contributed by atoms with Crippen LogP contribution in [0.5, 0.6) is 0 Å². The third-order valence-electron chi connectivity index (χ3n) is 5.04. The molecule has 0 N–H and O–H groups in total. The third kappa shape index (κ3) is 1.84. The average molecular weight is 397 g/mol. The molecule has 3 heteroatoms. The minimum absolute atomic E-state index is 0.248. The van der Waals surface area contributed by atoms with Crippen molar-refractivity contribution in [1.29, 1.82) is 0 Å². The molecule has 0 amide bonds. The second-order valence-corrected chi connectivity index (χ2v) is 8.75. The fourth-order valence-electron chi connectivity index (χ4n) is 4.01. The predicted octanol–water partition coefficient (Wildman–Crippen LogP) is 5.54. The summed E-state index contributed by atoms with van der Waals surface area (Å²) in [6, 6.07) is 28.3. The van der Waals surface area contributed by atoms with Crippen LogP contribution in [0.4, 0.5) is 0 Å². The Labute approximate surface area is 156 Å². The van der Waals surface area contributed by atoms with Gasteiger partial charge in [0.15, 0.2) is 0 Å². The molecule has 26 heavy (non-hydrogen) atoms. The first-order chi connectivity index (χ1) is 12.9. The number of hydrogen-bond acceptors (Lipinski definition) is 1. The van der Waals surface area contributed by atoms with E-state index in [2.05, 4.69) is 83.4 Å². The summed E-state index contributed by atoms with van der Waals surface area (Å²) in [6.45, 7) is 0. The summed E-state index contributed by atoms with van der Waals surface area (Å²) >= 11 is 0.248. The van der Waals surface area contributed by atoms with Gasteiger partial charge in [0.1, 0.15) is 0 Å². The molecule has 6 aromatic rings. The van der Waals surface area contributed by atoms with Gasteiger partial charge in [0.2, 0.25) is 0 Å². The summed E-state index contributed by atoms with van der Waals surface area (Å²) in [5.41, 5.74) is 4.88. The molecule has 122 valence electrons. The van der Waals surface area contributed by atoms with E-state index in [0.29, 0.717) is 0 Å². The monoisotopic (exact) mass is 398 g/mol. The van der Waals surface area contributed by atoms with Gasteiger partial charge >= 0.3 is 156 Å². The number of fused-ring (bicyclic) bond motifs is 2. The zero-order chi connectivity index (χ0) is 17.1. The van der Waals surface area contributed by atoms with Crippen LogP contribution in [0.1, 0.15) is 0 Å². The van der Waals surface area contributed by atoms with Gasteiger partial charge in [0, 0.05) is 0 Å². The maximum atomic E-state index is 4.76. The Morgan fingerprint density at radius 1 is 0.654 bits per heavy atom. The molecule has 0 unspecified atom stereocenters. The summed E-state index contributed by atoms with van der Waals surface area (Å²) < 4.78 is 5.19. The van der Waals surface area contributed by atoms with Crippen LogP contribution in [-0.2, 0) is 0 Å². The van der Waals surface area contributed by atoms with Gasteiger partial charge in [0.05, 0.1) is 0 Å². The van der Waals surface area contributed by atoms with Crippen LogP contribution in [0.3, 0.4) is 0 Å². The van der Waals surface area contributed by atoms with Crippen molar-refractivity contribution in [3.63, 3.8) is 0 Å². The summed E-state index contributed by atoms with van der Waals surface area (Å²) in [5, 5.41) is 3.98. The van der Waals surface area contributed by atoms with Crippen molar-refractivity contribution in [2.45, 2.75) is 0 Å². The van der Waals surface area contributed by atoms with Gasteiger partial charge in [-0.2, -0.15) is 0 Å². The molecule has 3 aromatic carbocycles. The van der Waals surface area contributed by atoms with Crippen molar-refractivity contribution < 1.29 is 0 Å². The quantitative estimate of drug-likeness (QED) is 0.333. The first-order valence-electron chi connectivity index (χ1n) is 8.66. The SMILES string of the molecule is c1ccc(-n2c3cccc4[se]c5cccnc5c5cccc2c5c43)cc1. The van der Waals surface area contributed by atoms with E-state index >= 15 is 0 Å². The second kappa shape index (κ2) is 5.31. The van der Waals surface area contributed by atoms with Gasteiger partial charge in [-0.1, -0.05) is 0 Å². The number of benzene rings is 3. The van der Waals surface area contributed by atoms with Crippen LogP contribution >= 0.6 is 0 Å². The number of pyridine rings is 1.